The van der Waals surface area contributed by atoms with E-state index in [0.717, 1.165) is 30.9 Å². The van der Waals surface area contributed by atoms with E-state index in [1.807, 2.05) is 6.07 Å². The number of hydrogen-bond donors (Lipinski definition) is 2. The molecule has 7 nitrogen and oxygen atoms in total. The van der Waals surface area contributed by atoms with Gasteiger partial charge in [-0.3, -0.25) is 9.78 Å². The second kappa shape index (κ2) is 9.63. The maximum absolute atomic E-state index is 14.1. The number of hydrogen-bond acceptors (Lipinski definition) is 6. The van der Waals surface area contributed by atoms with E-state index in [1.54, 1.807) is 18.3 Å². The predicted molar refractivity (Wildman–Crippen MR) is 131 cm³/mol. The molecule has 2 N–H and O–H groups in total. The molecular weight excluding hydrogens is 462 g/mol. The Balaban J connectivity index is 1.51. The number of benzene rings is 1. The number of nitriles is 1. The zero-order valence-electron chi connectivity index (χ0n) is 19.9. The minimum absolute atomic E-state index is 0.0500. The van der Waals surface area contributed by atoms with Crippen LogP contribution in [0.4, 0.5) is 14.5 Å². The molecule has 184 valence electrons. The van der Waals surface area contributed by atoms with Gasteiger partial charge in [-0.2, -0.15) is 5.26 Å². The fourth-order valence-corrected chi connectivity index (χ4v) is 5.35. The van der Waals surface area contributed by atoms with Crippen LogP contribution in [-0.2, 0) is 6.54 Å². The van der Waals surface area contributed by atoms with E-state index in [9.17, 15) is 13.6 Å². The first kappa shape index (κ1) is 23.8. The van der Waals surface area contributed by atoms with Crippen LogP contribution in [0.15, 0.2) is 48.9 Å². The van der Waals surface area contributed by atoms with Crippen LogP contribution in [0, 0.1) is 23.0 Å². The molecule has 36 heavy (non-hydrogen) atoms. The molecule has 0 saturated carbocycles. The first-order valence-corrected chi connectivity index (χ1v) is 12.0. The van der Waals surface area contributed by atoms with Gasteiger partial charge >= 0.3 is 0 Å². The lowest BCUT2D eigenvalue weighted by atomic mass is 9.96. The fourth-order valence-electron chi connectivity index (χ4n) is 5.35. The van der Waals surface area contributed by atoms with Crippen LogP contribution < -0.4 is 15.5 Å². The molecule has 3 aromatic rings. The normalized spacial score (nSPS) is 21.1. The van der Waals surface area contributed by atoms with Gasteiger partial charge in [-0.15, -0.1) is 0 Å². The molecule has 1 amide bonds. The van der Waals surface area contributed by atoms with Gasteiger partial charge < -0.3 is 15.5 Å². The summed E-state index contributed by atoms with van der Waals surface area (Å²) in [5.41, 5.74) is 2.71. The van der Waals surface area contributed by atoms with Gasteiger partial charge in [0.05, 0.1) is 11.3 Å². The molecule has 0 radical (unpaired) electrons. The first-order valence-electron chi connectivity index (χ1n) is 12.0. The molecular formula is C27H26F2N6O. The second-order valence-electron chi connectivity index (χ2n) is 9.62. The minimum Gasteiger partial charge on any atom is -0.368 e. The molecule has 4 heterocycles. The van der Waals surface area contributed by atoms with Crippen molar-refractivity contribution in [1.29, 1.82) is 5.26 Å². The topological polar surface area (TPSA) is 93.9 Å². The third-order valence-electron chi connectivity index (χ3n) is 7.01. The van der Waals surface area contributed by atoms with E-state index in [1.165, 1.54) is 24.5 Å². The smallest absolute Gasteiger partial charge is 0.255 e. The fraction of sp³-hybridized carbons (Fsp3) is 0.333. The number of pyridine rings is 2. The zero-order chi connectivity index (χ0) is 25.3. The first-order chi connectivity index (χ1) is 17.4. The van der Waals surface area contributed by atoms with Gasteiger partial charge in [-0.1, -0.05) is 0 Å². The second-order valence-corrected chi connectivity index (χ2v) is 9.62. The van der Waals surface area contributed by atoms with Gasteiger partial charge in [-0.25, -0.2) is 13.8 Å². The lowest BCUT2D eigenvalue weighted by Crippen LogP contribution is -2.45. The van der Waals surface area contributed by atoms with Crippen LogP contribution in [0.2, 0.25) is 0 Å². The van der Waals surface area contributed by atoms with Crippen LogP contribution in [0.1, 0.15) is 47.8 Å². The predicted octanol–water partition coefficient (Wildman–Crippen LogP) is 3.94. The summed E-state index contributed by atoms with van der Waals surface area (Å²) in [4.78, 5) is 23.7. The van der Waals surface area contributed by atoms with Crippen molar-refractivity contribution in [2.45, 2.75) is 44.3 Å². The summed E-state index contributed by atoms with van der Waals surface area (Å²) in [6.07, 6.45) is 7.59. The minimum atomic E-state index is -0.694. The molecule has 1 aromatic carbocycles. The number of rotatable bonds is 5. The van der Waals surface area contributed by atoms with Crippen molar-refractivity contribution >= 4 is 11.6 Å². The lowest BCUT2D eigenvalue weighted by Gasteiger charge is -2.28. The molecule has 5 rings (SSSR count). The van der Waals surface area contributed by atoms with E-state index in [2.05, 4.69) is 32.4 Å². The molecule has 2 aromatic heterocycles. The van der Waals surface area contributed by atoms with Gasteiger partial charge in [0.2, 0.25) is 0 Å². The molecule has 2 fully saturated rings. The van der Waals surface area contributed by atoms with E-state index in [4.69, 9.17) is 5.26 Å². The van der Waals surface area contributed by atoms with Crippen molar-refractivity contribution in [1.82, 2.24) is 20.6 Å². The summed E-state index contributed by atoms with van der Waals surface area (Å²) >= 11 is 0. The third-order valence-corrected chi connectivity index (χ3v) is 7.01. The summed E-state index contributed by atoms with van der Waals surface area (Å²) in [7, 11) is 0. The van der Waals surface area contributed by atoms with Crippen LogP contribution in [0.5, 0.6) is 0 Å². The van der Waals surface area contributed by atoms with Crippen molar-refractivity contribution < 1.29 is 13.6 Å². The highest BCUT2D eigenvalue weighted by molar-refractivity contribution is 6.03. The van der Waals surface area contributed by atoms with E-state index >= 15 is 0 Å². The van der Waals surface area contributed by atoms with Crippen LogP contribution in [-0.4, -0.2) is 40.5 Å². The van der Waals surface area contributed by atoms with Gasteiger partial charge in [0, 0.05) is 61.4 Å². The van der Waals surface area contributed by atoms with Crippen molar-refractivity contribution in [3.05, 3.63) is 77.4 Å². The molecule has 2 aliphatic rings. The summed E-state index contributed by atoms with van der Waals surface area (Å²) in [6, 6.07) is 9.08. The van der Waals surface area contributed by atoms with Crippen molar-refractivity contribution in [3.8, 4) is 17.2 Å². The lowest BCUT2D eigenvalue weighted by molar-refractivity contribution is 0.0951. The van der Waals surface area contributed by atoms with Crippen molar-refractivity contribution in [2.24, 2.45) is 0 Å². The molecule has 0 aliphatic carbocycles. The highest BCUT2D eigenvalue weighted by Crippen LogP contribution is 2.40. The van der Waals surface area contributed by atoms with Crippen molar-refractivity contribution in [2.75, 3.05) is 18.0 Å². The Labute approximate surface area is 208 Å². The van der Waals surface area contributed by atoms with E-state index in [-0.39, 0.29) is 23.7 Å². The summed E-state index contributed by atoms with van der Waals surface area (Å²) in [6.45, 7) is 3.74. The molecule has 2 saturated heterocycles. The number of carbonyl (C=O) groups is 1. The third kappa shape index (κ3) is 4.77. The molecule has 9 heteroatoms. The maximum Gasteiger partial charge on any atom is 0.255 e. The number of nitrogens with one attached hydrogen (secondary N) is 2. The molecule has 0 bridgehead atoms. The Morgan fingerprint density at radius 3 is 2.78 bits per heavy atom. The van der Waals surface area contributed by atoms with Gasteiger partial charge in [0.25, 0.3) is 5.91 Å². The Morgan fingerprint density at radius 1 is 1.25 bits per heavy atom. The number of carbonyl (C=O) groups excluding carboxylic acids is 1. The van der Waals surface area contributed by atoms with Gasteiger partial charge in [0.15, 0.2) is 0 Å². The monoisotopic (exact) mass is 488 g/mol. The van der Waals surface area contributed by atoms with E-state index < -0.39 is 11.6 Å². The zero-order valence-corrected chi connectivity index (χ0v) is 19.9. The summed E-state index contributed by atoms with van der Waals surface area (Å²) < 4.78 is 28.3. The summed E-state index contributed by atoms with van der Waals surface area (Å²) in [5, 5.41) is 15.7. The molecule has 0 unspecified atom stereocenters. The maximum atomic E-state index is 14.1. The highest BCUT2D eigenvalue weighted by Gasteiger charge is 2.43. The number of amides is 1. The number of anilines is 1. The Morgan fingerprint density at radius 2 is 2.06 bits per heavy atom. The SMILES string of the molecule is C[C@H]1CC[C@@]2(CCN(c3c(C(=O)NCc4ccnc(C#N)c4)cncc3-c3cc(F)cc(F)c3)C2)N1. The van der Waals surface area contributed by atoms with Gasteiger partial charge in [0.1, 0.15) is 23.4 Å². The van der Waals surface area contributed by atoms with Crippen molar-refractivity contribution in [3.63, 3.8) is 0 Å². The quantitative estimate of drug-likeness (QED) is 0.565. The van der Waals surface area contributed by atoms with Crippen LogP contribution >= 0.6 is 0 Å². The standard InChI is InChI=1S/C27H26F2N6O/c1-17-2-4-27(34-17)5-7-35(16-27)25-23(19-9-20(28)11-21(29)10-19)14-31-15-24(25)26(36)33-13-18-3-6-32-22(8-18)12-30/h3,6,8-11,14-15,17,34H,2,4-5,7,13,16H2,1H3,(H,33,36)/t17-,27-/m0/s1. The average molecular weight is 489 g/mol. The number of halogens is 2. The Kier molecular flexibility index (Phi) is 6.37. The molecule has 2 atom stereocenters. The molecule has 1 spiro atoms. The molecule has 2 aliphatic heterocycles. The number of aromatic nitrogens is 2. The van der Waals surface area contributed by atoms with Crippen LogP contribution in [0.25, 0.3) is 11.1 Å². The van der Waals surface area contributed by atoms with E-state index in [0.29, 0.717) is 41.5 Å². The average Bonchev–Trinajstić information content (AvgIpc) is 3.46. The Bertz CT molecular complexity index is 1340. The Hall–Kier alpha value is -3.90. The summed E-state index contributed by atoms with van der Waals surface area (Å²) in [5.74, 6) is -1.75. The van der Waals surface area contributed by atoms with Crippen LogP contribution in [0.3, 0.4) is 0 Å². The highest BCUT2D eigenvalue weighted by atomic mass is 19.1. The number of nitrogens with zero attached hydrogens (tertiary/aromatic N) is 4. The van der Waals surface area contributed by atoms with Gasteiger partial charge in [-0.05, 0) is 61.6 Å². The largest absolute Gasteiger partial charge is 0.368 e.